The van der Waals surface area contributed by atoms with Crippen LogP contribution in [0.25, 0.3) is 0 Å². The predicted molar refractivity (Wildman–Crippen MR) is 199 cm³/mol. The molecule has 304 valence electrons. The van der Waals surface area contributed by atoms with Crippen LogP contribution in [0.2, 0.25) is 0 Å². The van der Waals surface area contributed by atoms with Crippen LogP contribution in [0.15, 0.2) is 30.3 Å². The fourth-order valence-corrected chi connectivity index (χ4v) is 8.66. The Bertz CT molecular complexity index is 1450. The molecule has 3 heterocycles. The van der Waals surface area contributed by atoms with Gasteiger partial charge in [-0.2, -0.15) is 0 Å². The van der Waals surface area contributed by atoms with E-state index in [1.807, 2.05) is 65.2 Å². The molecule has 0 aromatic heterocycles. The van der Waals surface area contributed by atoms with Crippen LogP contribution < -0.4 is 5.32 Å². The van der Waals surface area contributed by atoms with E-state index in [-0.39, 0.29) is 44.1 Å². The van der Waals surface area contributed by atoms with Gasteiger partial charge >= 0.3 is 18.2 Å². The van der Waals surface area contributed by atoms with E-state index in [9.17, 15) is 24.3 Å². The van der Waals surface area contributed by atoms with E-state index in [0.29, 0.717) is 12.8 Å². The monoisotopic (exact) mass is 761 g/mol. The first-order valence-corrected chi connectivity index (χ1v) is 19.2. The highest BCUT2D eigenvalue weighted by Gasteiger charge is 2.57. The van der Waals surface area contributed by atoms with Crippen molar-refractivity contribution in [2.45, 2.75) is 135 Å². The van der Waals surface area contributed by atoms with Crippen molar-refractivity contribution >= 4 is 23.9 Å². The third kappa shape index (κ3) is 9.38. The molecule has 3 aliphatic rings. The maximum Gasteiger partial charge on any atom is 0.410 e. The molecule has 0 bridgehead atoms. The number of nitrogens with zero attached hydrogens (tertiary/aromatic N) is 2. The molecule has 1 aromatic carbocycles. The second-order valence-electron chi connectivity index (χ2n) is 16.2. The third-order valence-electron chi connectivity index (χ3n) is 11.9. The van der Waals surface area contributed by atoms with E-state index >= 15 is 0 Å². The first kappa shape index (κ1) is 43.4. The summed E-state index contributed by atoms with van der Waals surface area (Å²) in [4.78, 5) is 58.9. The Morgan fingerprint density at radius 2 is 1.74 bits per heavy atom. The zero-order valence-corrected chi connectivity index (χ0v) is 33.9. The number of esters is 1. The number of aliphatic hydroxyl groups is 1. The summed E-state index contributed by atoms with van der Waals surface area (Å²) in [6.45, 7) is 14.3. The number of ether oxygens (including phenoxy) is 6. The number of benzene rings is 1. The predicted octanol–water partition coefficient (Wildman–Crippen LogP) is 4.55. The summed E-state index contributed by atoms with van der Waals surface area (Å²) in [5.41, 5.74) is -1.73. The molecular formula is C40H63N3O11. The van der Waals surface area contributed by atoms with Crippen molar-refractivity contribution in [3.05, 3.63) is 35.9 Å². The number of cyclic esters (lactones) is 1. The Morgan fingerprint density at radius 1 is 1.07 bits per heavy atom. The Labute approximate surface area is 320 Å². The molecule has 3 fully saturated rings. The van der Waals surface area contributed by atoms with E-state index in [0.717, 1.165) is 5.56 Å². The lowest BCUT2D eigenvalue weighted by atomic mass is 9.78. The zero-order valence-electron chi connectivity index (χ0n) is 33.9. The van der Waals surface area contributed by atoms with Crippen molar-refractivity contribution in [1.82, 2.24) is 15.1 Å². The molecule has 0 saturated carbocycles. The summed E-state index contributed by atoms with van der Waals surface area (Å²) in [6, 6.07) is 7.84. The van der Waals surface area contributed by atoms with E-state index in [1.54, 1.807) is 39.7 Å². The smallest absolute Gasteiger partial charge is 0.410 e. The molecule has 54 heavy (non-hydrogen) atoms. The van der Waals surface area contributed by atoms with Gasteiger partial charge in [0, 0.05) is 31.5 Å². The summed E-state index contributed by atoms with van der Waals surface area (Å²) < 4.78 is 37.2. The van der Waals surface area contributed by atoms with Gasteiger partial charge in [0.05, 0.1) is 36.5 Å². The number of amides is 2. The second kappa shape index (κ2) is 18.1. The Kier molecular flexibility index (Phi) is 14.6. The number of methoxy groups -OCH3 is 1. The molecular weight excluding hydrogens is 698 g/mol. The number of carbonyl (C=O) groups excluding carboxylic acids is 4. The Hall–Kier alpha value is -3.30. The third-order valence-corrected chi connectivity index (χ3v) is 11.9. The van der Waals surface area contributed by atoms with Crippen LogP contribution in [-0.2, 0) is 44.6 Å². The minimum atomic E-state index is -1.40. The van der Waals surface area contributed by atoms with Crippen LogP contribution in [0, 0.1) is 23.7 Å². The first-order valence-electron chi connectivity index (χ1n) is 19.2. The number of nitrogens with one attached hydrogen (secondary N) is 1. The highest BCUT2D eigenvalue weighted by Crippen LogP contribution is 2.39. The maximum absolute atomic E-state index is 14.3. The normalized spacial score (nSPS) is 38.4. The van der Waals surface area contributed by atoms with Gasteiger partial charge < -0.3 is 48.6 Å². The Balaban J connectivity index is 1.79. The molecule has 4 rings (SSSR count). The molecule has 14 nitrogen and oxygen atoms in total. The summed E-state index contributed by atoms with van der Waals surface area (Å²) in [5.74, 6) is -3.71. The molecule has 0 radical (unpaired) electrons. The summed E-state index contributed by atoms with van der Waals surface area (Å²) >= 11 is 0. The molecule has 3 aliphatic heterocycles. The SMILES string of the molecule is CC[C@H]1OC(=O)C(C)C(=O)[C@H](C)[C@@H](OC2OC(CO)CC(N(C)C)C2C)[C@](C)(OC)C[C@@H](C)CN(C(=O)OCc2ccccc2)[C@H](C)[C@H]2NC(=O)O[C@@]21C. The molecule has 13 atom stereocenters. The summed E-state index contributed by atoms with van der Waals surface area (Å²) in [5, 5.41) is 13.0. The van der Waals surface area contributed by atoms with Gasteiger partial charge in [0.15, 0.2) is 17.7 Å². The lowest BCUT2D eigenvalue weighted by molar-refractivity contribution is -0.286. The molecule has 0 spiro atoms. The lowest BCUT2D eigenvalue weighted by Gasteiger charge is -2.47. The number of aliphatic hydroxyl groups excluding tert-OH is 1. The van der Waals surface area contributed by atoms with Gasteiger partial charge in [-0.1, -0.05) is 58.0 Å². The molecule has 3 saturated heterocycles. The molecule has 1 aromatic rings. The van der Waals surface area contributed by atoms with Crippen LogP contribution in [-0.4, -0.2) is 127 Å². The van der Waals surface area contributed by atoms with Crippen molar-refractivity contribution in [3.63, 3.8) is 0 Å². The molecule has 0 aliphatic carbocycles. The molecule has 2 N–H and O–H groups in total. The van der Waals surface area contributed by atoms with Crippen molar-refractivity contribution in [1.29, 1.82) is 0 Å². The topological polar surface area (TPSA) is 162 Å². The number of Topliss-reactive ketones (excluding diaryl/α,β-unsaturated/α-hetero) is 1. The van der Waals surface area contributed by atoms with Gasteiger partial charge in [-0.05, 0) is 72.5 Å². The van der Waals surface area contributed by atoms with Crippen molar-refractivity contribution in [2.24, 2.45) is 23.7 Å². The number of hydrogen-bond donors (Lipinski definition) is 2. The van der Waals surface area contributed by atoms with Crippen LogP contribution in [0.4, 0.5) is 9.59 Å². The number of ketones is 1. The number of hydrogen-bond acceptors (Lipinski definition) is 12. The van der Waals surface area contributed by atoms with Gasteiger partial charge in [0.25, 0.3) is 0 Å². The van der Waals surface area contributed by atoms with E-state index in [4.69, 9.17) is 28.4 Å². The van der Waals surface area contributed by atoms with Crippen LogP contribution >= 0.6 is 0 Å². The average Bonchev–Trinajstić information content (AvgIpc) is 3.46. The number of rotatable bonds is 8. The highest BCUT2D eigenvalue weighted by molar-refractivity contribution is 6.00. The Morgan fingerprint density at radius 3 is 2.33 bits per heavy atom. The van der Waals surface area contributed by atoms with Gasteiger partial charge in [0.2, 0.25) is 0 Å². The largest absolute Gasteiger partial charge is 0.458 e. The van der Waals surface area contributed by atoms with Crippen molar-refractivity contribution in [3.8, 4) is 0 Å². The fraction of sp³-hybridized carbons (Fsp3) is 0.750. The average molecular weight is 762 g/mol. The maximum atomic E-state index is 14.3. The standard InChI is InChI=1S/C40H63N3O11/c1-12-31-40(8)33(41-37(47)54-40)27(6)43(38(48)50-22-28-16-14-13-15-17-28)20-23(2)19-39(7,49-11)34(25(4)32(45)26(5)35(46)52-31)53-36-24(3)30(42(9)10)18-29(21-44)51-36/h13-17,23-27,29-31,33-34,36,44H,12,18-22H2,1-11H3,(H,41,47)/t23-,24?,25+,26?,27-,29?,30?,31-,33-,34-,36?,39-,40-/m1/s1. The van der Waals surface area contributed by atoms with E-state index in [1.165, 1.54) is 6.92 Å². The number of carbonyl (C=O) groups is 4. The van der Waals surface area contributed by atoms with Gasteiger partial charge in [-0.15, -0.1) is 0 Å². The number of alkyl carbamates (subject to hydrolysis) is 1. The van der Waals surface area contributed by atoms with Crippen LogP contribution in [0.3, 0.4) is 0 Å². The molecule has 14 heteroatoms. The van der Waals surface area contributed by atoms with Crippen LogP contribution in [0.1, 0.15) is 80.2 Å². The molecule has 2 amide bonds. The number of fused-ring (bicyclic) bond motifs is 1. The van der Waals surface area contributed by atoms with Gasteiger partial charge in [0.1, 0.15) is 18.6 Å². The van der Waals surface area contributed by atoms with Crippen LogP contribution in [0.5, 0.6) is 0 Å². The minimum absolute atomic E-state index is 0.0160. The summed E-state index contributed by atoms with van der Waals surface area (Å²) in [6.07, 6.45) is -3.33. The highest BCUT2D eigenvalue weighted by atomic mass is 16.7. The zero-order chi connectivity index (χ0) is 40.1. The van der Waals surface area contributed by atoms with Crippen molar-refractivity contribution in [2.75, 3.05) is 34.4 Å². The van der Waals surface area contributed by atoms with Gasteiger partial charge in [-0.3, -0.25) is 9.59 Å². The van der Waals surface area contributed by atoms with Crippen molar-refractivity contribution < 1.29 is 52.7 Å². The summed E-state index contributed by atoms with van der Waals surface area (Å²) in [7, 11) is 5.48. The van der Waals surface area contributed by atoms with Gasteiger partial charge in [-0.25, -0.2) is 9.59 Å². The second-order valence-corrected chi connectivity index (χ2v) is 16.2. The lowest BCUT2D eigenvalue weighted by Crippen LogP contribution is -2.61. The fourth-order valence-electron chi connectivity index (χ4n) is 8.66. The first-order chi connectivity index (χ1) is 25.4. The van der Waals surface area contributed by atoms with E-state index in [2.05, 4.69) is 10.2 Å². The van der Waals surface area contributed by atoms with E-state index < -0.39 is 83.7 Å². The molecule has 5 unspecified atom stereocenters. The quantitative estimate of drug-likeness (QED) is 0.216. The minimum Gasteiger partial charge on any atom is -0.458 e.